The molecular weight excluding hydrogens is 492 g/mol. The summed E-state index contributed by atoms with van der Waals surface area (Å²) in [6.45, 7) is 13.5. The minimum atomic E-state index is -0.933. The van der Waals surface area contributed by atoms with Crippen LogP contribution in [0.25, 0.3) is 5.57 Å². The van der Waals surface area contributed by atoms with Crippen molar-refractivity contribution in [3.8, 4) is 0 Å². The summed E-state index contributed by atoms with van der Waals surface area (Å²) in [6, 6.07) is 14.4. The molecule has 1 atom stereocenters. The minimum Gasteiger partial charge on any atom is -0.478 e. The van der Waals surface area contributed by atoms with Gasteiger partial charge in [-0.15, -0.1) is 0 Å². The van der Waals surface area contributed by atoms with Crippen LogP contribution in [0, 0.1) is 10.8 Å². The van der Waals surface area contributed by atoms with Crippen LogP contribution in [0.4, 0.5) is 4.79 Å². The monoisotopic (exact) mass is 530 g/mol. The Morgan fingerprint density at radius 3 is 2.15 bits per heavy atom. The van der Waals surface area contributed by atoms with Crippen molar-refractivity contribution in [2.24, 2.45) is 10.8 Å². The third kappa shape index (κ3) is 6.08. The van der Waals surface area contributed by atoms with E-state index in [9.17, 15) is 19.5 Å². The molecule has 0 bridgehead atoms. The van der Waals surface area contributed by atoms with Crippen molar-refractivity contribution in [2.75, 3.05) is 13.1 Å². The Balaban J connectivity index is 1.45. The number of hydrogen-bond acceptors (Lipinski definition) is 4. The molecule has 2 aromatic carbocycles. The highest BCUT2D eigenvalue weighted by Crippen LogP contribution is 2.55. The standard InChI is InChI=1S/C32H38N2O5/c1-30(2,3)39-29(38)33-19-21-7-9-23(10-8-21)27(35)34-18-16-26-31(4,5)25(15-17-32(26,6)20-34)22-11-13-24(14-12-22)28(36)37/h7-16H,17-20H2,1-6H3,(H,33,38)(H,36,37). The highest BCUT2D eigenvalue weighted by molar-refractivity contribution is 5.94. The molecule has 7 heteroatoms. The van der Waals surface area contributed by atoms with Crippen molar-refractivity contribution in [2.45, 2.75) is 60.1 Å². The lowest BCUT2D eigenvalue weighted by atomic mass is 9.58. The summed E-state index contributed by atoms with van der Waals surface area (Å²) >= 11 is 0. The van der Waals surface area contributed by atoms with Gasteiger partial charge in [-0.05, 0) is 68.2 Å². The van der Waals surface area contributed by atoms with E-state index in [0.29, 0.717) is 25.2 Å². The van der Waals surface area contributed by atoms with Crippen LogP contribution in [0.5, 0.6) is 0 Å². The highest BCUT2D eigenvalue weighted by atomic mass is 16.6. The molecule has 39 heavy (non-hydrogen) atoms. The van der Waals surface area contributed by atoms with Gasteiger partial charge in [0.25, 0.3) is 5.91 Å². The number of allylic oxidation sites excluding steroid dienone is 2. The number of rotatable bonds is 5. The second kappa shape index (κ2) is 10.4. The van der Waals surface area contributed by atoms with Gasteiger partial charge < -0.3 is 20.1 Å². The first-order valence-corrected chi connectivity index (χ1v) is 13.3. The fourth-order valence-electron chi connectivity index (χ4n) is 5.79. The van der Waals surface area contributed by atoms with Crippen LogP contribution in [0.2, 0.25) is 0 Å². The lowest BCUT2D eigenvalue weighted by Crippen LogP contribution is -2.48. The van der Waals surface area contributed by atoms with Crippen LogP contribution in [0.15, 0.2) is 66.3 Å². The average Bonchev–Trinajstić information content (AvgIpc) is 2.86. The number of carboxylic acids is 1. The molecule has 1 heterocycles. The van der Waals surface area contributed by atoms with Crippen molar-refractivity contribution in [1.82, 2.24) is 10.2 Å². The fourth-order valence-corrected chi connectivity index (χ4v) is 5.79. The quantitative estimate of drug-likeness (QED) is 0.442. The summed E-state index contributed by atoms with van der Waals surface area (Å²) in [7, 11) is 0. The molecule has 0 aromatic heterocycles. The molecule has 0 saturated carbocycles. The van der Waals surface area contributed by atoms with E-state index < -0.39 is 17.7 Å². The molecule has 4 rings (SSSR count). The maximum atomic E-state index is 13.4. The van der Waals surface area contributed by atoms with Crippen molar-refractivity contribution < 1.29 is 24.2 Å². The molecule has 0 saturated heterocycles. The first kappa shape index (κ1) is 28.1. The Kier molecular flexibility index (Phi) is 7.48. The topological polar surface area (TPSA) is 95.9 Å². The number of carbonyl (C=O) groups excluding carboxylic acids is 2. The zero-order valence-corrected chi connectivity index (χ0v) is 23.6. The van der Waals surface area contributed by atoms with Gasteiger partial charge in [-0.2, -0.15) is 0 Å². The normalized spacial score (nSPS) is 20.3. The number of carbonyl (C=O) groups is 3. The van der Waals surface area contributed by atoms with Crippen molar-refractivity contribution in [3.05, 3.63) is 88.5 Å². The van der Waals surface area contributed by atoms with Crippen LogP contribution in [0.1, 0.15) is 79.8 Å². The first-order chi connectivity index (χ1) is 18.2. The number of carboxylic acid groups (broad SMARTS) is 1. The predicted molar refractivity (Wildman–Crippen MR) is 151 cm³/mol. The van der Waals surface area contributed by atoms with E-state index in [1.807, 2.05) is 49.9 Å². The van der Waals surface area contributed by atoms with Gasteiger partial charge in [0.2, 0.25) is 0 Å². The number of ether oxygens (including phenoxy) is 1. The minimum absolute atomic E-state index is 0.0185. The third-order valence-corrected chi connectivity index (χ3v) is 7.58. The molecule has 2 aliphatic rings. The predicted octanol–water partition coefficient (Wildman–Crippen LogP) is 6.31. The van der Waals surface area contributed by atoms with Crippen LogP contribution in [0.3, 0.4) is 0 Å². The van der Waals surface area contributed by atoms with E-state index in [1.54, 1.807) is 24.3 Å². The number of fused-ring (bicyclic) bond motifs is 1. The number of aromatic carboxylic acids is 1. The summed E-state index contributed by atoms with van der Waals surface area (Å²) < 4.78 is 5.27. The maximum absolute atomic E-state index is 13.4. The summed E-state index contributed by atoms with van der Waals surface area (Å²) in [5.74, 6) is -0.951. The Morgan fingerprint density at radius 1 is 0.949 bits per heavy atom. The van der Waals surface area contributed by atoms with Gasteiger partial charge in [-0.3, -0.25) is 4.79 Å². The van der Waals surface area contributed by atoms with E-state index >= 15 is 0 Å². The number of nitrogens with zero attached hydrogens (tertiary/aromatic N) is 1. The lowest BCUT2D eigenvalue weighted by molar-refractivity contribution is 0.0522. The zero-order valence-electron chi connectivity index (χ0n) is 23.6. The summed E-state index contributed by atoms with van der Waals surface area (Å²) in [4.78, 5) is 38.5. The number of alkyl carbamates (subject to hydrolysis) is 1. The van der Waals surface area contributed by atoms with Crippen LogP contribution >= 0.6 is 0 Å². The third-order valence-electron chi connectivity index (χ3n) is 7.58. The molecule has 1 aliphatic heterocycles. The molecule has 0 fully saturated rings. The highest BCUT2D eigenvalue weighted by Gasteiger charge is 2.46. The van der Waals surface area contributed by atoms with Gasteiger partial charge in [0, 0.05) is 36.0 Å². The van der Waals surface area contributed by atoms with E-state index in [0.717, 1.165) is 17.5 Å². The zero-order chi connectivity index (χ0) is 28.6. The SMILES string of the molecule is CC(C)(C)OC(=O)NCc1ccc(C(=O)N2CC=C3C(C)(CC=C(c4ccc(C(=O)O)cc4)C3(C)C)C2)cc1. The second-order valence-corrected chi connectivity index (χ2v) is 12.2. The van der Waals surface area contributed by atoms with E-state index in [4.69, 9.17) is 4.74 Å². The van der Waals surface area contributed by atoms with Gasteiger partial charge >= 0.3 is 12.1 Å². The Morgan fingerprint density at radius 2 is 1.56 bits per heavy atom. The molecule has 2 amide bonds. The van der Waals surface area contributed by atoms with Crippen molar-refractivity contribution >= 4 is 23.5 Å². The molecule has 0 radical (unpaired) electrons. The van der Waals surface area contributed by atoms with Crippen molar-refractivity contribution in [3.63, 3.8) is 0 Å². The molecule has 2 aromatic rings. The molecule has 7 nitrogen and oxygen atoms in total. The number of nitrogens with one attached hydrogen (secondary N) is 1. The van der Waals surface area contributed by atoms with Crippen molar-refractivity contribution in [1.29, 1.82) is 0 Å². The Labute approximate surface area is 230 Å². The smallest absolute Gasteiger partial charge is 0.407 e. The Hall–Kier alpha value is -3.87. The first-order valence-electron chi connectivity index (χ1n) is 13.3. The molecule has 0 spiro atoms. The van der Waals surface area contributed by atoms with Gasteiger partial charge in [0.1, 0.15) is 5.60 Å². The molecule has 1 aliphatic carbocycles. The number of hydrogen-bond donors (Lipinski definition) is 2. The van der Waals surface area contributed by atoms with Crippen LogP contribution < -0.4 is 5.32 Å². The number of benzene rings is 2. The van der Waals surface area contributed by atoms with Gasteiger partial charge in [0.15, 0.2) is 0 Å². The summed E-state index contributed by atoms with van der Waals surface area (Å²) in [5.41, 5.74) is 4.27. The van der Waals surface area contributed by atoms with Gasteiger partial charge in [-0.25, -0.2) is 9.59 Å². The van der Waals surface area contributed by atoms with Crippen LogP contribution in [-0.2, 0) is 11.3 Å². The van der Waals surface area contributed by atoms with Gasteiger partial charge in [-0.1, -0.05) is 62.8 Å². The van der Waals surface area contributed by atoms with E-state index in [2.05, 4.69) is 38.2 Å². The molecule has 1 unspecified atom stereocenters. The lowest BCUT2D eigenvalue weighted by Gasteiger charge is -2.50. The maximum Gasteiger partial charge on any atom is 0.407 e. The van der Waals surface area contributed by atoms with Gasteiger partial charge in [0.05, 0.1) is 5.56 Å². The Bertz CT molecular complexity index is 1330. The summed E-state index contributed by atoms with van der Waals surface area (Å²) in [5, 5.41) is 12.0. The van der Waals surface area contributed by atoms with E-state index in [1.165, 1.54) is 11.1 Å². The largest absolute Gasteiger partial charge is 0.478 e. The summed E-state index contributed by atoms with van der Waals surface area (Å²) in [6.07, 6.45) is 4.75. The molecule has 206 valence electrons. The number of amides is 2. The molecule has 2 N–H and O–H groups in total. The fraction of sp³-hybridized carbons (Fsp3) is 0.406. The average molecular weight is 531 g/mol. The van der Waals surface area contributed by atoms with E-state index in [-0.39, 0.29) is 22.3 Å². The second-order valence-electron chi connectivity index (χ2n) is 12.2. The molecular formula is C32H38N2O5. The van der Waals surface area contributed by atoms with Crippen LogP contribution in [-0.4, -0.2) is 46.7 Å².